The monoisotopic (exact) mass is 482 g/mol. The molecule has 2 atom stereocenters. The van der Waals surface area contributed by atoms with Gasteiger partial charge in [0.1, 0.15) is 11.6 Å². The van der Waals surface area contributed by atoms with Crippen molar-refractivity contribution < 1.29 is 22.7 Å². The summed E-state index contributed by atoms with van der Waals surface area (Å²) in [6, 6.07) is 5.93. The molecule has 178 valence electrons. The van der Waals surface area contributed by atoms with Gasteiger partial charge in [-0.25, -0.2) is 14.5 Å². The quantitative estimate of drug-likeness (QED) is 0.464. The molecule has 0 fully saturated rings. The van der Waals surface area contributed by atoms with Crippen molar-refractivity contribution >= 4 is 17.2 Å². The van der Waals surface area contributed by atoms with E-state index in [1.807, 2.05) is 13.0 Å². The van der Waals surface area contributed by atoms with E-state index in [0.29, 0.717) is 22.6 Å². The van der Waals surface area contributed by atoms with E-state index >= 15 is 0 Å². The number of fused-ring (bicyclic) bond motifs is 3. The molecule has 1 N–H and O–H groups in total. The summed E-state index contributed by atoms with van der Waals surface area (Å²) in [5.41, 5.74) is 1.15. The summed E-state index contributed by atoms with van der Waals surface area (Å²) in [5.74, 6) is -2.43. The van der Waals surface area contributed by atoms with Gasteiger partial charge >= 0.3 is 6.61 Å². The van der Waals surface area contributed by atoms with E-state index in [1.54, 1.807) is 24.0 Å². The minimum atomic E-state index is -3.15. The molecule has 2 unspecified atom stereocenters. The largest absolute Gasteiger partial charge is 0.415 e. The van der Waals surface area contributed by atoms with Crippen molar-refractivity contribution in [3.05, 3.63) is 65.3 Å². The van der Waals surface area contributed by atoms with E-state index in [-0.39, 0.29) is 17.7 Å². The number of pyridine rings is 1. The van der Waals surface area contributed by atoms with Crippen LogP contribution in [0.1, 0.15) is 41.8 Å². The first-order valence-corrected chi connectivity index (χ1v) is 10.4. The smallest absolute Gasteiger partial charge is 0.388 e. The second kappa shape index (κ2) is 8.08. The molecule has 1 aliphatic carbocycles. The van der Waals surface area contributed by atoms with Crippen LogP contribution in [-0.2, 0) is 17.3 Å². The van der Waals surface area contributed by atoms with Crippen molar-refractivity contribution in [3.8, 4) is 11.9 Å². The normalized spacial score (nSPS) is 19.1. The van der Waals surface area contributed by atoms with Crippen LogP contribution in [0.5, 0.6) is 5.88 Å². The van der Waals surface area contributed by atoms with Gasteiger partial charge in [0, 0.05) is 31.1 Å². The predicted octanol–water partition coefficient (Wildman–Crippen LogP) is 2.90. The number of nitrogens with one attached hydrogen (secondary N) is 1. The molecule has 1 aliphatic rings. The van der Waals surface area contributed by atoms with Crippen molar-refractivity contribution in [2.45, 2.75) is 31.3 Å². The third kappa shape index (κ3) is 3.72. The van der Waals surface area contributed by atoms with Crippen LogP contribution in [0.4, 0.5) is 18.9 Å². The maximum atomic E-state index is 14.0. The molecule has 35 heavy (non-hydrogen) atoms. The van der Waals surface area contributed by atoms with E-state index < -0.39 is 35.7 Å². The van der Waals surface area contributed by atoms with Gasteiger partial charge in [0.05, 0.1) is 34.6 Å². The summed E-state index contributed by atoms with van der Waals surface area (Å²) in [4.78, 5) is 21.3. The Bertz CT molecular complexity index is 1510. The second-order valence-electron chi connectivity index (χ2n) is 8.32. The van der Waals surface area contributed by atoms with Gasteiger partial charge in [0.2, 0.25) is 17.7 Å². The Kier molecular flexibility index (Phi) is 5.16. The van der Waals surface area contributed by atoms with Crippen molar-refractivity contribution in [1.29, 1.82) is 5.26 Å². The highest BCUT2D eigenvalue weighted by molar-refractivity contribution is 5.97. The number of halogens is 3. The SMILES string of the molecule is Cn1ccc(C2(C)CC(C(=O)Nc3cnc(OC(F)F)c(C#N)c3)c3cnc4cc(F)nn4c32)n1. The van der Waals surface area contributed by atoms with Gasteiger partial charge in [0.15, 0.2) is 5.65 Å². The highest BCUT2D eigenvalue weighted by atomic mass is 19.3. The lowest BCUT2D eigenvalue weighted by molar-refractivity contribution is -0.117. The maximum Gasteiger partial charge on any atom is 0.388 e. The number of ether oxygens (including phenoxy) is 1. The zero-order valence-electron chi connectivity index (χ0n) is 18.4. The summed E-state index contributed by atoms with van der Waals surface area (Å²) < 4.78 is 46.3. The van der Waals surface area contributed by atoms with Crippen molar-refractivity contribution in [2.24, 2.45) is 7.05 Å². The molecule has 0 spiro atoms. The number of carbonyl (C=O) groups is 1. The summed E-state index contributed by atoms with van der Waals surface area (Å²) >= 11 is 0. The molecule has 0 saturated carbocycles. The molecule has 4 heterocycles. The van der Waals surface area contributed by atoms with E-state index in [1.165, 1.54) is 22.8 Å². The number of rotatable bonds is 5. The van der Waals surface area contributed by atoms with Crippen LogP contribution in [-0.4, -0.2) is 41.9 Å². The molecular weight excluding hydrogens is 465 g/mol. The summed E-state index contributed by atoms with van der Waals surface area (Å²) in [6.07, 6.45) is 4.68. The molecular formula is C22H17F3N8O2. The molecule has 0 bridgehead atoms. The van der Waals surface area contributed by atoms with Gasteiger partial charge in [-0.1, -0.05) is 0 Å². The molecule has 0 aliphatic heterocycles. The number of nitriles is 1. The highest BCUT2D eigenvalue weighted by Crippen LogP contribution is 2.49. The van der Waals surface area contributed by atoms with Gasteiger partial charge in [-0.05, 0) is 25.5 Å². The molecule has 10 nitrogen and oxygen atoms in total. The first-order valence-electron chi connectivity index (χ1n) is 10.4. The van der Waals surface area contributed by atoms with Crippen LogP contribution in [0, 0.1) is 17.3 Å². The molecule has 0 saturated heterocycles. The van der Waals surface area contributed by atoms with E-state index in [9.17, 15) is 23.2 Å². The summed E-state index contributed by atoms with van der Waals surface area (Å²) in [7, 11) is 1.77. The minimum Gasteiger partial charge on any atom is -0.415 e. The Balaban J connectivity index is 1.54. The first kappa shape index (κ1) is 22.3. The Morgan fingerprint density at radius 3 is 2.80 bits per heavy atom. The van der Waals surface area contributed by atoms with Gasteiger partial charge in [-0.2, -0.15) is 23.5 Å². The lowest BCUT2D eigenvalue weighted by atomic mass is 9.82. The molecule has 4 aromatic rings. The fourth-order valence-corrected chi connectivity index (χ4v) is 4.52. The second-order valence-corrected chi connectivity index (χ2v) is 8.32. The fraction of sp³-hybridized carbons (Fsp3) is 0.273. The maximum absolute atomic E-state index is 14.0. The molecule has 0 radical (unpaired) electrons. The van der Waals surface area contributed by atoms with Gasteiger partial charge in [0.25, 0.3) is 0 Å². The van der Waals surface area contributed by atoms with Crippen LogP contribution in [0.3, 0.4) is 0 Å². The number of hydrogen-bond donors (Lipinski definition) is 1. The summed E-state index contributed by atoms with van der Waals surface area (Å²) in [5, 5.41) is 20.4. The number of anilines is 1. The van der Waals surface area contributed by atoms with Crippen molar-refractivity contribution in [3.63, 3.8) is 0 Å². The standard InChI is InChI=1S/C22H17F3N8O2/c1-22(15-3-4-32(2)30-15)7-13(14-10-27-17-6-16(23)31-33(17)18(14)22)19(34)29-12-5-11(8-26)20(28-9-12)35-21(24)25/h3-6,9-10,13,21H,7H2,1-2H3,(H,29,34). The van der Waals surface area contributed by atoms with Crippen LogP contribution in [0.15, 0.2) is 36.8 Å². The van der Waals surface area contributed by atoms with Gasteiger partial charge in [-0.15, -0.1) is 5.10 Å². The lowest BCUT2D eigenvalue weighted by Gasteiger charge is -2.23. The fourth-order valence-electron chi connectivity index (χ4n) is 4.52. The summed E-state index contributed by atoms with van der Waals surface area (Å²) in [6.45, 7) is -1.25. The van der Waals surface area contributed by atoms with Crippen molar-refractivity contribution in [1.82, 2.24) is 29.4 Å². The van der Waals surface area contributed by atoms with Gasteiger partial charge < -0.3 is 10.1 Å². The molecule has 1 amide bonds. The third-order valence-electron chi connectivity index (χ3n) is 6.03. The van der Waals surface area contributed by atoms with E-state index in [4.69, 9.17) is 0 Å². The van der Waals surface area contributed by atoms with E-state index in [0.717, 1.165) is 6.20 Å². The van der Waals surface area contributed by atoms with Gasteiger partial charge in [-0.3, -0.25) is 9.48 Å². The van der Waals surface area contributed by atoms with Crippen LogP contribution in [0.2, 0.25) is 0 Å². The number of aryl methyl sites for hydroxylation is 1. The number of alkyl halides is 2. The Morgan fingerprint density at radius 1 is 1.31 bits per heavy atom. The Morgan fingerprint density at radius 2 is 2.11 bits per heavy atom. The van der Waals surface area contributed by atoms with Crippen LogP contribution >= 0.6 is 0 Å². The van der Waals surface area contributed by atoms with Crippen LogP contribution < -0.4 is 10.1 Å². The third-order valence-corrected chi connectivity index (χ3v) is 6.03. The first-order chi connectivity index (χ1) is 16.7. The zero-order valence-corrected chi connectivity index (χ0v) is 18.4. The number of carbonyl (C=O) groups excluding carboxylic acids is 1. The lowest BCUT2D eigenvalue weighted by Crippen LogP contribution is -2.26. The minimum absolute atomic E-state index is 0.125. The number of nitrogens with zero attached hydrogens (tertiary/aromatic N) is 7. The average Bonchev–Trinajstić information content (AvgIpc) is 3.49. The topological polar surface area (TPSA) is 123 Å². The number of hydrogen-bond acceptors (Lipinski definition) is 7. The number of aromatic nitrogens is 6. The average molecular weight is 482 g/mol. The van der Waals surface area contributed by atoms with E-state index in [2.05, 4.69) is 30.2 Å². The highest BCUT2D eigenvalue weighted by Gasteiger charge is 2.48. The molecule has 13 heteroatoms. The molecule has 4 aromatic heterocycles. The molecule has 5 rings (SSSR count). The Labute approximate surface area is 196 Å². The Hall–Kier alpha value is -4.47. The predicted molar refractivity (Wildman–Crippen MR) is 114 cm³/mol. The zero-order chi connectivity index (χ0) is 24.9. The van der Waals surface area contributed by atoms with Crippen LogP contribution in [0.25, 0.3) is 5.65 Å². The van der Waals surface area contributed by atoms with Crippen molar-refractivity contribution in [2.75, 3.05) is 5.32 Å². The number of amides is 1. The molecule has 0 aromatic carbocycles.